The van der Waals surface area contributed by atoms with Crippen LogP contribution in [0.4, 0.5) is 5.82 Å². The largest absolute Gasteiger partial charge is 0.349 e. The quantitative estimate of drug-likeness (QED) is 0.573. The van der Waals surface area contributed by atoms with Crippen molar-refractivity contribution >= 4 is 24.4 Å². The number of pyridine rings is 1. The van der Waals surface area contributed by atoms with Gasteiger partial charge in [0.2, 0.25) is 0 Å². The fourth-order valence-corrected chi connectivity index (χ4v) is 1.26. The minimum absolute atomic E-state index is 0.749. The van der Waals surface area contributed by atoms with Gasteiger partial charge in [-0.1, -0.05) is 6.58 Å². The zero-order chi connectivity index (χ0) is 8.55. The van der Waals surface area contributed by atoms with Crippen LogP contribution in [0.15, 0.2) is 17.3 Å². The van der Waals surface area contributed by atoms with Crippen molar-refractivity contribution in [3.63, 3.8) is 0 Å². The highest BCUT2D eigenvalue weighted by atomic mass is 15.0. The van der Waals surface area contributed by atoms with Gasteiger partial charge in [0.25, 0.3) is 0 Å². The van der Waals surface area contributed by atoms with E-state index in [2.05, 4.69) is 21.9 Å². The topological polar surface area (TPSA) is 37.3 Å². The second-order valence-corrected chi connectivity index (χ2v) is 2.70. The van der Waals surface area contributed by atoms with E-state index in [4.69, 9.17) is 0 Å². The van der Waals surface area contributed by atoms with Gasteiger partial charge in [-0.15, -0.1) is 0 Å². The van der Waals surface area contributed by atoms with Crippen LogP contribution >= 0.6 is 0 Å². The molecule has 0 atom stereocenters. The highest BCUT2D eigenvalue weighted by Gasteiger charge is 2.02. The van der Waals surface area contributed by atoms with Crippen molar-refractivity contribution in [3.8, 4) is 0 Å². The number of fused-ring (bicyclic) bond motifs is 1. The summed E-state index contributed by atoms with van der Waals surface area (Å²) < 4.78 is 0. The summed E-state index contributed by atoms with van der Waals surface area (Å²) in [6.07, 6.45) is 3.36. The van der Waals surface area contributed by atoms with Crippen LogP contribution in [-0.2, 0) is 0 Å². The molecule has 0 amide bonds. The number of nitrogens with one attached hydrogen (secondary N) is 1. The van der Waals surface area contributed by atoms with Gasteiger partial charge in [-0.05, 0) is 18.2 Å². The summed E-state index contributed by atoms with van der Waals surface area (Å²) in [5.74, 6) is 0.749. The number of aromatic nitrogens is 1. The first-order valence-corrected chi connectivity index (χ1v) is 3.73. The Morgan fingerprint density at radius 2 is 2.33 bits per heavy atom. The zero-order valence-electron chi connectivity index (χ0n) is 6.83. The summed E-state index contributed by atoms with van der Waals surface area (Å²) in [6.45, 7) is 5.90. The van der Waals surface area contributed by atoms with Gasteiger partial charge in [-0.25, -0.2) is 9.98 Å². The number of aliphatic imine (C=N–C) groups is 1. The first-order valence-electron chi connectivity index (χ1n) is 3.73. The number of rotatable bonds is 0. The standard InChI is InChI=1S/C9H9N3/c1-6-3-4-10-9-8(6)7(2)11-5-12-9/h3-5H,1H2,2H3,(H,10,11,12). The molecule has 0 fully saturated rings. The Bertz CT molecular complexity index is 445. The maximum Gasteiger partial charge on any atom is 0.163 e. The van der Waals surface area contributed by atoms with Crippen molar-refractivity contribution in [2.24, 2.45) is 4.99 Å². The minimum Gasteiger partial charge on any atom is -0.349 e. The Morgan fingerprint density at radius 3 is 3.08 bits per heavy atom. The van der Waals surface area contributed by atoms with Crippen LogP contribution < -0.4 is 15.8 Å². The van der Waals surface area contributed by atoms with Gasteiger partial charge in [0.15, 0.2) is 5.82 Å². The van der Waals surface area contributed by atoms with Crippen LogP contribution in [0.1, 0.15) is 6.92 Å². The van der Waals surface area contributed by atoms with Crippen LogP contribution in [0, 0.1) is 0 Å². The number of nitrogens with zero attached hydrogens (tertiary/aromatic N) is 2. The molecule has 0 aliphatic carbocycles. The molecule has 1 N–H and O–H groups in total. The molecular weight excluding hydrogens is 150 g/mol. The summed E-state index contributed by atoms with van der Waals surface area (Å²) in [5.41, 5.74) is 1.05. The number of hydrogen-bond donors (Lipinski definition) is 1. The van der Waals surface area contributed by atoms with Crippen molar-refractivity contribution in [1.82, 2.24) is 10.3 Å². The lowest BCUT2D eigenvalue weighted by molar-refractivity contribution is 1.15. The molecule has 3 heteroatoms. The first kappa shape index (κ1) is 7.03. The van der Waals surface area contributed by atoms with Crippen molar-refractivity contribution in [2.45, 2.75) is 6.92 Å². The Kier molecular flexibility index (Phi) is 1.43. The van der Waals surface area contributed by atoms with Crippen LogP contribution in [0.25, 0.3) is 12.3 Å². The summed E-state index contributed by atoms with van der Waals surface area (Å²) in [7, 11) is 0. The highest BCUT2D eigenvalue weighted by Crippen LogP contribution is 1.99. The predicted molar refractivity (Wildman–Crippen MR) is 49.4 cm³/mol. The molecule has 2 rings (SSSR count). The first-order chi connectivity index (χ1) is 5.79. The molecule has 3 nitrogen and oxygen atoms in total. The third kappa shape index (κ3) is 0.906. The maximum atomic E-state index is 4.13. The Hall–Kier alpha value is -1.64. The summed E-state index contributed by atoms with van der Waals surface area (Å²) in [6, 6.07) is 1.88. The van der Waals surface area contributed by atoms with Gasteiger partial charge in [0.05, 0.1) is 6.34 Å². The SMILES string of the molecule is C=c1ccnc2c1=C(C)NC=N2. The van der Waals surface area contributed by atoms with Gasteiger partial charge < -0.3 is 5.32 Å². The summed E-state index contributed by atoms with van der Waals surface area (Å²) in [4.78, 5) is 8.23. The van der Waals surface area contributed by atoms with E-state index in [-0.39, 0.29) is 0 Å². The van der Waals surface area contributed by atoms with Gasteiger partial charge in [-0.3, -0.25) is 0 Å². The van der Waals surface area contributed by atoms with Crippen molar-refractivity contribution < 1.29 is 0 Å². The monoisotopic (exact) mass is 159 g/mol. The molecule has 1 aromatic rings. The molecule has 0 aromatic carbocycles. The Balaban J connectivity index is 2.96. The molecule has 1 aliphatic heterocycles. The maximum absolute atomic E-state index is 4.13. The van der Waals surface area contributed by atoms with Crippen LogP contribution in [-0.4, -0.2) is 11.3 Å². The molecule has 1 aromatic heterocycles. The van der Waals surface area contributed by atoms with E-state index in [9.17, 15) is 0 Å². The smallest absolute Gasteiger partial charge is 0.163 e. The van der Waals surface area contributed by atoms with E-state index in [1.54, 1.807) is 12.5 Å². The van der Waals surface area contributed by atoms with Gasteiger partial charge >= 0.3 is 0 Å². The Morgan fingerprint density at radius 1 is 1.50 bits per heavy atom. The molecular formula is C9H9N3. The second-order valence-electron chi connectivity index (χ2n) is 2.70. The molecule has 60 valence electrons. The van der Waals surface area contributed by atoms with E-state index < -0.39 is 0 Å². The van der Waals surface area contributed by atoms with Crippen LogP contribution in [0.2, 0.25) is 0 Å². The summed E-state index contributed by atoms with van der Waals surface area (Å²) >= 11 is 0. The van der Waals surface area contributed by atoms with Gasteiger partial charge in [-0.2, -0.15) is 0 Å². The predicted octanol–water partition coefficient (Wildman–Crippen LogP) is -0.117. The van der Waals surface area contributed by atoms with Crippen molar-refractivity contribution in [1.29, 1.82) is 0 Å². The van der Waals surface area contributed by atoms with Crippen LogP contribution in [0.5, 0.6) is 0 Å². The van der Waals surface area contributed by atoms with E-state index >= 15 is 0 Å². The molecule has 0 saturated carbocycles. The lowest BCUT2D eigenvalue weighted by atomic mass is 10.2. The third-order valence-electron chi connectivity index (χ3n) is 1.86. The fourth-order valence-electron chi connectivity index (χ4n) is 1.26. The normalized spacial score (nSPS) is 13.9. The molecule has 0 unspecified atom stereocenters. The summed E-state index contributed by atoms with van der Waals surface area (Å²) in [5, 5.41) is 5.00. The second kappa shape index (κ2) is 2.44. The average molecular weight is 159 g/mol. The molecule has 0 radical (unpaired) electrons. The molecule has 0 spiro atoms. The highest BCUT2D eigenvalue weighted by molar-refractivity contribution is 5.73. The molecule has 1 aliphatic rings. The molecule has 12 heavy (non-hydrogen) atoms. The minimum atomic E-state index is 0.749. The molecule has 2 heterocycles. The lowest BCUT2D eigenvalue weighted by Crippen LogP contribution is -2.33. The van der Waals surface area contributed by atoms with Gasteiger partial charge in [0, 0.05) is 17.1 Å². The third-order valence-corrected chi connectivity index (χ3v) is 1.86. The van der Waals surface area contributed by atoms with E-state index in [0.29, 0.717) is 0 Å². The fraction of sp³-hybridized carbons (Fsp3) is 0.111. The van der Waals surface area contributed by atoms with Crippen molar-refractivity contribution in [3.05, 3.63) is 22.7 Å². The average Bonchev–Trinajstić information content (AvgIpc) is 2.04. The molecule has 0 saturated heterocycles. The number of hydrogen-bond acceptors (Lipinski definition) is 3. The lowest BCUT2D eigenvalue weighted by Gasteiger charge is -2.07. The van der Waals surface area contributed by atoms with Crippen LogP contribution in [0.3, 0.4) is 0 Å². The molecule has 0 bridgehead atoms. The van der Waals surface area contributed by atoms with E-state index in [1.807, 2.05) is 13.0 Å². The van der Waals surface area contributed by atoms with Crippen molar-refractivity contribution in [2.75, 3.05) is 0 Å². The van der Waals surface area contributed by atoms with E-state index in [0.717, 1.165) is 22.0 Å². The van der Waals surface area contributed by atoms with E-state index in [1.165, 1.54) is 0 Å². The van der Waals surface area contributed by atoms with Gasteiger partial charge in [0.1, 0.15) is 0 Å². The zero-order valence-corrected chi connectivity index (χ0v) is 6.83. The Labute approximate surface area is 70.2 Å².